The minimum atomic E-state index is 0.192. The van der Waals surface area contributed by atoms with E-state index in [-0.39, 0.29) is 5.41 Å². The molecule has 0 radical (unpaired) electrons. The molecule has 0 aliphatic rings. The van der Waals surface area contributed by atoms with E-state index in [9.17, 15) is 0 Å². The maximum atomic E-state index is 5.96. The second-order valence-corrected chi connectivity index (χ2v) is 6.04. The molecule has 0 saturated carbocycles. The second kappa shape index (κ2) is 7.29. The van der Waals surface area contributed by atoms with Crippen LogP contribution in [0.2, 0.25) is 0 Å². The highest BCUT2D eigenvalue weighted by molar-refractivity contribution is 4.86. The molecule has 0 amide bonds. The van der Waals surface area contributed by atoms with Gasteiger partial charge in [0.15, 0.2) is 0 Å². The summed E-state index contributed by atoms with van der Waals surface area (Å²) in [5.41, 5.74) is 0.192. The molecule has 0 aliphatic heterocycles. The van der Waals surface area contributed by atoms with Crippen LogP contribution in [-0.2, 0) is 4.74 Å². The van der Waals surface area contributed by atoms with Crippen LogP contribution in [0, 0.1) is 11.3 Å². The Balaban J connectivity index is 4.65. The average molecular weight is 229 g/mol. The Kier molecular flexibility index (Phi) is 7.25. The van der Waals surface area contributed by atoms with E-state index in [2.05, 4.69) is 53.8 Å². The van der Waals surface area contributed by atoms with Crippen LogP contribution in [0.15, 0.2) is 0 Å². The highest BCUT2D eigenvalue weighted by Crippen LogP contribution is 2.27. The van der Waals surface area contributed by atoms with Gasteiger partial charge in [0.25, 0.3) is 0 Å². The third-order valence-corrected chi connectivity index (χ3v) is 2.76. The standard InChI is InChI=1S/C14H31NO/c1-8-15-12(10-11(3)4)13(16-9-2)14(5,6)7/h11-13,15H,8-10H2,1-7H3. The highest BCUT2D eigenvalue weighted by Gasteiger charge is 2.32. The molecule has 2 atom stereocenters. The Morgan fingerprint density at radius 1 is 1.12 bits per heavy atom. The van der Waals surface area contributed by atoms with Crippen molar-refractivity contribution in [3.63, 3.8) is 0 Å². The highest BCUT2D eigenvalue weighted by atomic mass is 16.5. The molecule has 0 heterocycles. The molecule has 0 aromatic heterocycles. The van der Waals surface area contributed by atoms with Crippen LogP contribution < -0.4 is 5.32 Å². The summed E-state index contributed by atoms with van der Waals surface area (Å²) in [6, 6.07) is 0.463. The molecule has 0 spiro atoms. The lowest BCUT2D eigenvalue weighted by Crippen LogP contribution is -2.48. The van der Waals surface area contributed by atoms with Gasteiger partial charge < -0.3 is 10.1 Å². The van der Waals surface area contributed by atoms with Crippen molar-refractivity contribution < 1.29 is 4.74 Å². The van der Waals surface area contributed by atoms with E-state index in [0.29, 0.717) is 18.1 Å². The van der Waals surface area contributed by atoms with Crippen molar-refractivity contribution in [1.29, 1.82) is 0 Å². The van der Waals surface area contributed by atoms with Gasteiger partial charge in [-0.15, -0.1) is 0 Å². The molecule has 0 aliphatic carbocycles. The van der Waals surface area contributed by atoms with Crippen molar-refractivity contribution in [3.05, 3.63) is 0 Å². The first-order chi connectivity index (χ1) is 7.32. The Labute approximate surface area is 102 Å². The molecule has 0 bridgehead atoms. The van der Waals surface area contributed by atoms with Gasteiger partial charge in [0.05, 0.1) is 6.10 Å². The van der Waals surface area contributed by atoms with Gasteiger partial charge in [-0.1, -0.05) is 41.5 Å². The lowest BCUT2D eigenvalue weighted by Gasteiger charge is -2.38. The molecule has 98 valence electrons. The summed E-state index contributed by atoms with van der Waals surface area (Å²) in [5.74, 6) is 0.703. The van der Waals surface area contributed by atoms with Crippen molar-refractivity contribution in [3.8, 4) is 0 Å². The Morgan fingerprint density at radius 2 is 1.69 bits per heavy atom. The van der Waals surface area contributed by atoms with Gasteiger partial charge in [0, 0.05) is 12.6 Å². The molecule has 0 rings (SSSR count). The minimum absolute atomic E-state index is 0.192. The first-order valence-corrected chi connectivity index (χ1v) is 6.67. The number of rotatable bonds is 7. The summed E-state index contributed by atoms with van der Waals surface area (Å²) in [6.45, 7) is 17.4. The second-order valence-electron chi connectivity index (χ2n) is 6.04. The van der Waals surface area contributed by atoms with Gasteiger partial charge in [-0.2, -0.15) is 0 Å². The largest absolute Gasteiger partial charge is 0.376 e. The third-order valence-electron chi connectivity index (χ3n) is 2.76. The summed E-state index contributed by atoms with van der Waals surface area (Å²) in [5, 5.41) is 3.58. The van der Waals surface area contributed by atoms with Crippen LogP contribution in [0.1, 0.15) is 54.9 Å². The van der Waals surface area contributed by atoms with Crippen molar-refractivity contribution in [2.45, 2.75) is 67.0 Å². The normalized spacial score (nSPS) is 16.5. The zero-order valence-electron chi connectivity index (χ0n) is 12.3. The van der Waals surface area contributed by atoms with Crippen LogP contribution >= 0.6 is 0 Å². The van der Waals surface area contributed by atoms with Crippen LogP contribution in [0.3, 0.4) is 0 Å². The van der Waals surface area contributed by atoms with Gasteiger partial charge in [-0.05, 0) is 31.2 Å². The van der Waals surface area contributed by atoms with E-state index in [1.165, 1.54) is 6.42 Å². The van der Waals surface area contributed by atoms with Crippen LogP contribution in [-0.4, -0.2) is 25.3 Å². The van der Waals surface area contributed by atoms with Crippen molar-refractivity contribution >= 4 is 0 Å². The van der Waals surface area contributed by atoms with Crippen LogP contribution in [0.5, 0.6) is 0 Å². The molecule has 0 aromatic rings. The van der Waals surface area contributed by atoms with Gasteiger partial charge in [0.2, 0.25) is 0 Å². The molecular formula is C14H31NO. The minimum Gasteiger partial charge on any atom is -0.376 e. The van der Waals surface area contributed by atoms with Gasteiger partial charge in [-0.25, -0.2) is 0 Å². The zero-order valence-corrected chi connectivity index (χ0v) is 12.3. The average Bonchev–Trinajstić information content (AvgIpc) is 2.11. The molecule has 16 heavy (non-hydrogen) atoms. The Morgan fingerprint density at radius 3 is 2.00 bits per heavy atom. The van der Waals surface area contributed by atoms with E-state index in [0.717, 1.165) is 13.2 Å². The first kappa shape index (κ1) is 15.9. The van der Waals surface area contributed by atoms with E-state index >= 15 is 0 Å². The summed E-state index contributed by atoms with van der Waals surface area (Å²) < 4.78 is 5.96. The number of likely N-dealkylation sites (N-methyl/N-ethyl adjacent to an activating group) is 1. The van der Waals surface area contributed by atoms with Crippen LogP contribution in [0.25, 0.3) is 0 Å². The Bertz CT molecular complexity index is 172. The molecule has 0 fully saturated rings. The molecule has 0 aromatic carbocycles. The van der Waals surface area contributed by atoms with E-state index in [4.69, 9.17) is 4.74 Å². The third kappa shape index (κ3) is 5.86. The predicted molar refractivity (Wildman–Crippen MR) is 71.8 cm³/mol. The van der Waals surface area contributed by atoms with Crippen LogP contribution in [0.4, 0.5) is 0 Å². The quantitative estimate of drug-likeness (QED) is 0.722. The summed E-state index contributed by atoms with van der Waals surface area (Å²) >= 11 is 0. The van der Waals surface area contributed by atoms with Gasteiger partial charge in [0.1, 0.15) is 0 Å². The lowest BCUT2D eigenvalue weighted by molar-refractivity contribution is -0.0393. The van der Waals surface area contributed by atoms with Crippen molar-refractivity contribution in [2.24, 2.45) is 11.3 Å². The number of hydrogen-bond donors (Lipinski definition) is 1. The number of ether oxygens (including phenoxy) is 1. The molecule has 2 unspecified atom stereocenters. The smallest absolute Gasteiger partial charge is 0.0776 e. The van der Waals surface area contributed by atoms with Gasteiger partial charge >= 0.3 is 0 Å². The monoisotopic (exact) mass is 229 g/mol. The summed E-state index contributed by atoms with van der Waals surface area (Å²) in [4.78, 5) is 0. The number of nitrogens with one attached hydrogen (secondary N) is 1. The van der Waals surface area contributed by atoms with Crippen molar-refractivity contribution in [1.82, 2.24) is 5.32 Å². The summed E-state index contributed by atoms with van der Waals surface area (Å²) in [6.07, 6.45) is 1.47. The maximum absolute atomic E-state index is 5.96. The summed E-state index contributed by atoms with van der Waals surface area (Å²) in [7, 11) is 0. The predicted octanol–water partition coefficient (Wildman–Crippen LogP) is 3.46. The van der Waals surface area contributed by atoms with E-state index in [1.807, 2.05) is 0 Å². The molecule has 2 nitrogen and oxygen atoms in total. The topological polar surface area (TPSA) is 21.3 Å². The fourth-order valence-electron chi connectivity index (χ4n) is 2.23. The van der Waals surface area contributed by atoms with E-state index < -0.39 is 0 Å². The van der Waals surface area contributed by atoms with Crippen molar-refractivity contribution in [2.75, 3.05) is 13.2 Å². The fourth-order valence-corrected chi connectivity index (χ4v) is 2.23. The van der Waals surface area contributed by atoms with Gasteiger partial charge in [-0.3, -0.25) is 0 Å². The zero-order chi connectivity index (χ0) is 12.8. The molecular weight excluding hydrogens is 198 g/mol. The fraction of sp³-hybridized carbons (Fsp3) is 1.00. The SMILES string of the molecule is CCNC(CC(C)C)C(OCC)C(C)(C)C. The first-order valence-electron chi connectivity index (χ1n) is 6.67. The Hall–Kier alpha value is -0.0800. The number of hydrogen-bond acceptors (Lipinski definition) is 2. The van der Waals surface area contributed by atoms with E-state index in [1.54, 1.807) is 0 Å². The molecule has 2 heteroatoms. The molecule has 1 N–H and O–H groups in total. The molecule has 0 saturated heterocycles. The lowest BCUT2D eigenvalue weighted by atomic mass is 9.81. The maximum Gasteiger partial charge on any atom is 0.0776 e.